The summed E-state index contributed by atoms with van der Waals surface area (Å²) in [5.74, 6) is 1.54. The Morgan fingerprint density at radius 3 is 2.05 bits per heavy atom. The average molecular weight is 801 g/mol. The molecule has 8 rings (SSSR count). The lowest BCUT2D eigenvalue weighted by atomic mass is 9.32. The molecule has 0 amide bonds. The molecule has 0 aromatic carbocycles. The Morgan fingerprint density at radius 2 is 1.45 bits per heavy atom. The number of esters is 1. The highest BCUT2D eigenvalue weighted by Crippen LogP contribution is 2.78. The van der Waals surface area contributed by atoms with E-state index < -0.39 is 33.2 Å². The third-order valence-corrected chi connectivity index (χ3v) is 22.1. The van der Waals surface area contributed by atoms with E-state index in [1.165, 1.54) is 57.8 Å². The van der Waals surface area contributed by atoms with Gasteiger partial charge in [-0.1, -0.05) is 55.4 Å². The van der Waals surface area contributed by atoms with Gasteiger partial charge < -0.3 is 20.3 Å². The first kappa shape index (κ1) is 41.5. The zero-order valence-corrected chi connectivity index (χ0v) is 37.1. The van der Waals surface area contributed by atoms with Gasteiger partial charge in [0.2, 0.25) is 0 Å². The molecule has 0 radical (unpaired) electrons. The van der Waals surface area contributed by atoms with Gasteiger partial charge in [-0.15, -0.1) is 0 Å². The van der Waals surface area contributed by atoms with Crippen molar-refractivity contribution in [3.8, 4) is 0 Å². The van der Waals surface area contributed by atoms with Crippen molar-refractivity contribution in [3.05, 3.63) is 0 Å². The number of hydrogen-bond donors (Lipinski definition) is 3. The van der Waals surface area contributed by atoms with Gasteiger partial charge in [-0.05, 0) is 147 Å². The standard InChI is InChI=1S/C46H76N2O7S/c1-28(49)33(48-22-24-56(53,54)25-23-48)27-47-46-17-12-29(42(6)18-19-42)37(46)30-10-11-35-43(7)15-14-36(55-39(52)32-26-31(38(50)51)40(32,2)3)41(4,5)34(43)13-16-45(35,9)44(30,8)20-21-46/h28-37,47,49H,10-27H2,1-9H3,(H,50,51)/t28?,29-,30-,31+,32-,33?,34+,35-,36+,37-,43+,44-,45-,46+/m1/s1. The molecule has 0 aromatic rings. The smallest absolute Gasteiger partial charge is 0.309 e. The quantitative estimate of drug-likeness (QED) is 0.205. The first-order valence-corrected chi connectivity index (χ1v) is 24.6. The summed E-state index contributed by atoms with van der Waals surface area (Å²) in [7, 11) is -2.99. The van der Waals surface area contributed by atoms with E-state index in [9.17, 15) is 28.2 Å². The van der Waals surface area contributed by atoms with Crippen LogP contribution in [0.1, 0.15) is 146 Å². The lowest BCUT2D eigenvalue weighted by molar-refractivity contribution is -0.250. The van der Waals surface area contributed by atoms with Gasteiger partial charge in [0.05, 0.1) is 29.4 Å². The lowest BCUT2D eigenvalue weighted by Gasteiger charge is -2.73. The molecule has 0 spiro atoms. The summed E-state index contributed by atoms with van der Waals surface area (Å²) in [6.07, 6.45) is 14.1. The molecule has 7 saturated carbocycles. The molecule has 1 heterocycles. The molecular formula is C46H76N2O7S. The minimum absolute atomic E-state index is 0.0587. The van der Waals surface area contributed by atoms with E-state index in [1.54, 1.807) is 0 Å². The number of fused-ring (bicyclic) bond motifs is 7. The number of sulfone groups is 1. The van der Waals surface area contributed by atoms with Crippen LogP contribution in [-0.4, -0.2) is 90.4 Å². The van der Waals surface area contributed by atoms with Crippen LogP contribution in [0.25, 0.3) is 0 Å². The first-order chi connectivity index (χ1) is 26.0. The molecule has 14 atom stereocenters. The molecule has 0 bridgehead atoms. The number of aliphatic hydroxyl groups excluding tert-OH is 1. The maximum Gasteiger partial charge on any atom is 0.309 e. The Morgan fingerprint density at radius 1 is 0.768 bits per heavy atom. The molecule has 318 valence electrons. The molecule has 1 aliphatic heterocycles. The number of carboxylic acids is 1. The highest BCUT2D eigenvalue weighted by Gasteiger charge is 2.72. The van der Waals surface area contributed by atoms with Crippen molar-refractivity contribution in [2.75, 3.05) is 31.1 Å². The van der Waals surface area contributed by atoms with Crippen LogP contribution in [-0.2, 0) is 24.2 Å². The van der Waals surface area contributed by atoms with Crippen LogP contribution in [0.4, 0.5) is 0 Å². The Bertz CT molecular complexity index is 1680. The fourth-order valence-electron chi connectivity index (χ4n) is 16.4. The Kier molecular flexibility index (Phi) is 9.92. The largest absolute Gasteiger partial charge is 0.481 e. The summed E-state index contributed by atoms with van der Waals surface area (Å²) >= 11 is 0. The van der Waals surface area contributed by atoms with Crippen molar-refractivity contribution in [3.63, 3.8) is 0 Å². The van der Waals surface area contributed by atoms with Crippen LogP contribution in [0.3, 0.4) is 0 Å². The van der Waals surface area contributed by atoms with E-state index in [4.69, 9.17) is 4.74 Å². The number of aliphatic hydroxyl groups is 1. The van der Waals surface area contributed by atoms with Gasteiger partial charge in [-0.3, -0.25) is 14.5 Å². The maximum atomic E-state index is 13.7. The monoisotopic (exact) mass is 801 g/mol. The van der Waals surface area contributed by atoms with Gasteiger partial charge in [0.15, 0.2) is 9.84 Å². The van der Waals surface area contributed by atoms with Gasteiger partial charge in [0, 0.05) is 36.6 Å². The van der Waals surface area contributed by atoms with Crippen molar-refractivity contribution >= 4 is 21.8 Å². The number of ether oxygens (including phenoxy) is 1. The highest BCUT2D eigenvalue weighted by atomic mass is 32.2. The third-order valence-electron chi connectivity index (χ3n) is 20.5. The number of aliphatic carboxylic acids is 1. The molecule has 7 aliphatic carbocycles. The third kappa shape index (κ3) is 6.06. The van der Waals surface area contributed by atoms with Gasteiger partial charge in [-0.25, -0.2) is 8.42 Å². The number of nitrogens with zero attached hydrogens (tertiary/aromatic N) is 1. The number of hydrogen-bond acceptors (Lipinski definition) is 8. The topological polar surface area (TPSA) is 133 Å². The molecule has 0 aromatic heterocycles. The van der Waals surface area contributed by atoms with Crippen molar-refractivity contribution < 1.29 is 33.0 Å². The van der Waals surface area contributed by atoms with Gasteiger partial charge >= 0.3 is 11.9 Å². The second-order valence-corrected chi connectivity index (χ2v) is 25.6. The van der Waals surface area contributed by atoms with Gasteiger partial charge in [0.25, 0.3) is 0 Å². The Hall–Kier alpha value is -1.23. The Balaban J connectivity index is 1.02. The molecule has 8 fully saturated rings. The van der Waals surface area contributed by atoms with Crippen LogP contribution in [0.15, 0.2) is 0 Å². The predicted octanol–water partition coefficient (Wildman–Crippen LogP) is 7.35. The second-order valence-electron chi connectivity index (χ2n) is 23.3. The lowest BCUT2D eigenvalue weighted by Crippen LogP contribution is -2.69. The van der Waals surface area contributed by atoms with E-state index in [0.29, 0.717) is 61.1 Å². The van der Waals surface area contributed by atoms with Crippen molar-refractivity contribution in [1.29, 1.82) is 0 Å². The van der Waals surface area contributed by atoms with Crippen molar-refractivity contribution in [1.82, 2.24) is 10.2 Å². The summed E-state index contributed by atoms with van der Waals surface area (Å²) < 4.78 is 31.0. The van der Waals surface area contributed by atoms with Crippen molar-refractivity contribution in [2.24, 2.45) is 73.9 Å². The molecule has 56 heavy (non-hydrogen) atoms. The van der Waals surface area contributed by atoms with E-state index in [2.05, 4.69) is 51.8 Å². The average Bonchev–Trinajstić information content (AvgIpc) is 3.72. The molecule has 3 N–H and O–H groups in total. The van der Waals surface area contributed by atoms with Crippen LogP contribution in [0, 0.1) is 73.9 Å². The maximum absolute atomic E-state index is 13.7. The highest BCUT2D eigenvalue weighted by molar-refractivity contribution is 7.91. The molecule has 1 saturated heterocycles. The fraction of sp³-hybridized carbons (Fsp3) is 0.957. The summed E-state index contributed by atoms with van der Waals surface area (Å²) in [5.41, 5.74) is 0.343. The van der Waals surface area contributed by atoms with E-state index >= 15 is 0 Å². The number of carbonyl (C=O) groups excluding carboxylic acids is 1. The normalized spacial score (nSPS) is 48.1. The number of carbonyl (C=O) groups is 2. The summed E-state index contributed by atoms with van der Waals surface area (Å²) in [6.45, 7) is 22.7. The summed E-state index contributed by atoms with van der Waals surface area (Å²) in [5, 5.41) is 25.0. The fourth-order valence-corrected chi connectivity index (χ4v) is 17.6. The first-order valence-electron chi connectivity index (χ1n) is 22.8. The van der Waals surface area contributed by atoms with E-state index in [0.717, 1.165) is 19.3 Å². The SMILES string of the molecule is CC(O)C(CN[C@]12CC[C@@H](C3(C)CC3)[C@@H]1[C@H]1CC[C@@H]3[C@@]4(C)CC[C@H](OC(=O)[C@H]5C[C@@H](C(=O)O)C5(C)C)C(C)(C)[C@@H]4CC[C@@]3(C)[C@]1(C)CC2)N1CCS(=O)(=O)CC1. The summed E-state index contributed by atoms with van der Waals surface area (Å²) in [6, 6.07) is -0.0903. The molecule has 8 aliphatic rings. The molecule has 9 nitrogen and oxygen atoms in total. The molecular weight excluding hydrogens is 725 g/mol. The van der Waals surface area contributed by atoms with Gasteiger partial charge in [-0.2, -0.15) is 0 Å². The number of nitrogens with one attached hydrogen (secondary N) is 1. The minimum Gasteiger partial charge on any atom is -0.481 e. The second kappa shape index (κ2) is 13.4. The number of carboxylic acid groups (broad SMARTS) is 1. The van der Waals surface area contributed by atoms with Crippen LogP contribution in [0.5, 0.6) is 0 Å². The summed E-state index contributed by atoms with van der Waals surface area (Å²) in [4.78, 5) is 27.7. The van der Waals surface area contributed by atoms with Crippen LogP contribution in [0.2, 0.25) is 0 Å². The van der Waals surface area contributed by atoms with E-state index in [1.807, 2.05) is 20.8 Å². The van der Waals surface area contributed by atoms with Crippen molar-refractivity contribution in [2.45, 2.75) is 170 Å². The van der Waals surface area contributed by atoms with Crippen LogP contribution >= 0.6 is 0 Å². The molecule has 2 unspecified atom stereocenters. The zero-order valence-electron chi connectivity index (χ0n) is 36.3. The zero-order chi connectivity index (χ0) is 40.6. The Labute approximate surface area is 338 Å². The minimum atomic E-state index is -2.99. The predicted molar refractivity (Wildman–Crippen MR) is 218 cm³/mol. The van der Waals surface area contributed by atoms with Gasteiger partial charge in [0.1, 0.15) is 6.10 Å². The van der Waals surface area contributed by atoms with E-state index in [-0.39, 0.29) is 62.7 Å². The number of rotatable bonds is 9. The van der Waals surface area contributed by atoms with Crippen LogP contribution < -0.4 is 5.32 Å². The molecule has 10 heteroatoms.